The predicted molar refractivity (Wildman–Crippen MR) is 57.7 cm³/mol. The van der Waals surface area contributed by atoms with Gasteiger partial charge in [0, 0.05) is 18.0 Å². The van der Waals surface area contributed by atoms with Crippen LogP contribution in [0.15, 0.2) is 0 Å². The first-order chi connectivity index (χ1) is 5.94. The molecular formula is C11H25N2+. The number of hydrogen-bond donors (Lipinski definition) is 1. The van der Waals surface area contributed by atoms with Crippen LogP contribution in [-0.4, -0.2) is 43.8 Å². The number of rotatable bonds is 3. The maximum absolute atomic E-state index is 3.60. The molecule has 78 valence electrons. The Kier molecular flexibility index (Phi) is 3.36. The minimum absolute atomic E-state index is 0.707. The summed E-state index contributed by atoms with van der Waals surface area (Å²) in [6.45, 7) is 9.44. The molecule has 0 aromatic rings. The summed E-state index contributed by atoms with van der Waals surface area (Å²) in [5.74, 6) is 0.866. The second kappa shape index (κ2) is 3.97. The fourth-order valence-electron chi connectivity index (χ4n) is 2.31. The van der Waals surface area contributed by atoms with E-state index in [0.29, 0.717) is 6.04 Å². The van der Waals surface area contributed by atoms with Gasteiger partial charge in [-0.15, -0.1) is 0 Å². The first kappa shape index (κ1) is 11.0. The highest BCUT2D eigenvalue weighted by Crippen LogP contribution is 2.22. The summed E-state index contributed by atoms with van der Waals surface area (Å²) in [7, 11) is 4.66. The van der Waals surface area contributed by atoms with Crippen LogP contribution < -0.4 is 5.32 Å². The van der Waals surface area contributed by atoms with Crippen LogP contribution in [0.3, 0.4) is 0 Å². The van der Waals surface area contributed by atoms with E-state index < -0.39 is 0 Å². The number of nitrogens with one attached hydrogen (secondary N) is 1. The Labute approximate surface area is 82.9 Å². The van der Waals surface area contributed by atoms with E-state index >= 15 is 0 Å². The van der Waals surface area contributed by atoms with Gasteiger partial charge in [0.15, 0.2) is 0 Å². The Hall–Kier alpha value is -0.0800. The maximum Gasteiger partial charge on any atom is 0.0826 e. The molecule has 0 radical (unpaired) electrons. The van der Waals surface area contributed by atoms with Gasteiger partial charge in [0.1, 0.15) is 0 Å². The minimum atomic E-state index is 0.707. The first-order valence-electron chi connectivity index (χ1n) is 5.52. The zero-order valence-corrected chi connectivity index (χ0v) is 9.80. The van der Waals surface area contributed by atoms with Crippen molar-refractivity contribution in [3.8, 4) is 0 Å². The van der Waals surface area contributed by atoms with Gasteiger partial charge >= 0.3 is 0 Å². The van der Waals surface area contributed by atoms with E-state index in [9.17, 15) is 0 Å². The average Bonchev–Trinajstić information content (AvgIpc) is 2.30. The lowest BCUT2D eigenvalue weighted by atomic mass is 9.99. The minimum Gasteiger partial charge on any atom is -0.328 e. The van der Waals surface area contributed by atoms with Crippen molar-refractivity contribution in [2.75, 3.05) is 27.2 Å². The molecule has 1 saturated heterocycles. The van der Waals surface area contributed by atoms with Gasteiger partial charge in [0.05, 0.1) is 27.2 Å². The van der Waals surface area contributed by atoms with Crippen LogP contribution in [0.4, 0.5) is 0 Å². The predicted octanol–water partition coefficient (Wildman–Crippen LogP) is 1.47. The van der Waals surface area contributed by atoms with Crippen molar-refractivity contribution < 1.29 is 4.48 Å². The largest absolute Gasteiger partial charge is 0.328 e. The van der Waals surface area contributed by atoms with Crippen LogP contribution in [0.1, 0.15) is 27.2 Å². The van der Waals surface area contributed by atoms with Gasteiger partial charge < -0.3 is 9.80 Å². The summed E-state index contributed by atoms with van der Waals surface area (Å²) in [6, 6.07) is 1.43. The lowest BCUT2D eigenvalue weighted by Crippen LogP contribution is -2.45. The molecule has 2 nitrogen and oxygen atoms in total. The molecule has 1 fully saturated rings. The molecule has 0 spiro atoms. The second-order valence-corrected chi connectivity index (χ2v) is 5.29. The fourth-order valence-corrected chi connectivity index (χ4v) is 2.31. The zero-order valence-electron chi connectivity index (χ0n) is 9.80. The van der Waals surface area contributed by atoms with Crippen LogP contribution in [0.2, 0.25) is 0 Å². The van der Waals surface area contributed by atoms with Crippen LogP contribution >= 0.6 is 0 Å². The van der Waals surface area contributed by atoms with Crippen molar-refractivity contribution in [1.82, 2.24) is 5.32 Å². The van der Waals surface area contributed by atoms with Gasteiger partial charge in [-0.05, 0) is 27.2 Å². The molecule has 13 heavy (non-hydrogen) atoms. The summed E-state index contributed by atoms with van der Waals surface area (Å²) >= 11 is 0. The topological polar surface area (TPSA) is 12.0 Å². The Morgan fingerprint density at radius 2 is 1.92 bits per heavy atom. The van der Waals surface area contributed by atoms with Crippen molar-refractivity contribution in [3.05, 3.63) is 0 Å². The molecule has 2 heteroatoms. The van der Waals surface area contributed by atoms with Gasteiger partial charge in [-0.3, -0.25) is 0 Å². The Bertz CT molecular complexity index is 165. The van der Waals surface area contributed by atoms with E-state index in [1.54, 1.807) is 0 Å². The van der Waals surface area contributed by atoms with E-state index in [1.807, 2.05) is 0 Å². The van der Waals surface area contributed by atoms with E-state index in [0.717, 1.165) is 16.4 Å². The van der Waals surface area contributed by atoms with Crippen molar-refractivity contribution in [2.45, 2.75) is 39.3 Å². The Balaban J connectivity index is 2.45. The summed E-state index contributed by atoms with van der Waals surface area (Å²) < 4.78 is 1.16. The quantitative estimate of drug-likeness (QED) is 0.657. The van der Waals surface area contributed by atoms with Gasteiger partial charge in [0.25, 0.3) is 0 Å². The summed E-state index contributed by atoms with van der Waals surface area (Å²) in [6.07, 6.45) is 1.35. The molecule has 0 saturated carbocycles. The molecule has 0 bridgehead atoms. The standard InChI is InChI=1S/C11H25N2/c1-6-13(4,5)8-11-7-9(2)12-10(11)3/h9-12H,6-8H2,1-5H3/q+1. The normalized spacial score (nSPS) is 35.3. The summed E-state index contributed by atoms with van der Waals surface area (Å²) in [5.41, 5.74) is 0. The van der Waals surface area contributed by atoms with E-state index in [-0.39, 0.29) is 0 Å². The lowest BCUT2D eigenvalue weighted by Gasteiger charge is -2.32. The molecule has 0 aromatic carbocycles. The highest BCUT2D eigenvalue weighted by molar-refractivity contribution is 4.85. The molecule has 0 aromatic heterocycles. The third kappa shape index (κ3) is 2.96. The summed E-state index contributed by atoms with van der Waals surface area (Å²) in [5, 5.41) is 3.60. The van der Waals surface area contributed by atoms with Crippen LogP contribution in [0, 0.1) is 5.92 Å². The van der Waals surface area contributed by atoms with Gasteiger partial charge in [-0.1, -0.05) is 0 Å². The monoisotopic (exact) mass is 185 g/mol. The van der Waals surface area contributed by atoms with Crippen molar-refractivity contribution in [3.63, 3.8) is 0 Å². The molecule has 1 aliphatic heterocycles. The third-order valence-corrected chi connectivity index (χ3v) is 3.50. The summed E-state index contributed by atoms with van der Waals surface area (Å²) in [4.78, 5) is 0. The second-order valence-electron chi connectivity index (χ2n) is 5.29. The molecule has 1 rings (SSSR count). The smallest absolute Gasteiger partial charge is 0.0826 e. The van der Waals surface area contributed by atoms with E-state index in [1.165, 1.54) is 19.5 Å². The average molecular weight is 185 g/mol. The Morgan fingerprint density at radius 3 is 2.31 bits per heavy atom. The van der Waals surface area contributed by atoms with E-state index in [4.69, 9.17) is 0 Å². The van der Waals surface area contributed by atoms with Crippen LogP contribution in [0.25, 0.3) is 0 Å². The highest BCUT2D eigenvalue weighted by atomic mass is 15.3. The van der Waals surface area contributed by atoms with Gasteiger partial charge in [-0.2, -0.15) is 0 Å². The molecule has 1 N–H and O–H groups in total. The molecular weight excluding hydrogens is 160 g/mol. The molecule has 3 atom stereocenters. The van der Waals surface area contributed by atoms with Gasteiger partial charge in [0.2, 0.25) is 0 Å². The molecule has 0 amide bonds. The zero-order chi connectivity index (χ0) is 10.1. The van der Waals surface area contributed by atoms with Crippen LogP contribution in [-0.2, 0) is 0 Å². The molecule has 1 heterocycles. The number of quaternary nitrogens is 1. The van der Waals surface area contributed by atoms with Crippen molar-refractivity contribution in [1.29, 1.82) is 0 Å². The SMILES string of the molecule is CC[N+](C)(C)CC1CC(C)NC1C. The van der Waals surface area contributed by atoms with Crippen molar-refractivity contribution in [2.24, 2.45) is 5.92 Å². The Morgan fingerprint density at radius 1 is 1.31 bits per heavy atom. The van der Waals surface area contributed by atoms with E-state index in [2.05, 4.69) is 40.2 Å². The van der Waals surface area contributed by atoms with Gasteiger partial charge in [-0.25, -0.2) is 0 Å². The number of nitrogens with zero attached hydrogens (tertiary/aromatic N) is 1. The molecule has 1 aliphatic rings. The lowest BCUT2D eigenvalue weighted by molar-refractivity contribution is -0.891. The fraction of sp³-hybridized carbons (Fsp3) is 1.00. The first-order valence-corrected chi connectivity index (χ1v) is 5.52. The maximum atomic E-state index is 3.60. The van der Waals surface area contributed by atoms with Crippen LogP contribution in [0.5, 0.6) is 0 Å². The molecule has 0 aliphatic carbocycles. The van der Waals surface area contributed by atoms with Crippen molar-refractivity contribution >= 4 is 0 Å². The third-order valence-electron chi connectivity index (χ3n) is 3.50. The highest BCUT2D eigenvalue weighted by Gasteiger charge is 2.32. The molecule has 3 unspecified atom stereocenters. The number of hydrogen-bond acceptors (Lipinski definition) is 1.